The zero-order valence-corrected chi connectivity index (χ0v) is 18.8. The van der Waals surface area contributed by atoms with Gasteiger partial charge >= 0.3 is 12.1 Å². The number of fused-ring (bicyclic) bond motifs is 3. The van der Waals surface area contributed by atoms with E-state index < -0.39 is 30.1 Å². The van der Waals surface area contributed by atoms with E-state index in [0.29, 0.717) is 6.42 Å². The van der Waals surface area contributed by atoms with Crippen LogP contribution in [-0.2, 0) is 14.3 Å². The predicted octanol–water partition coefficient (Wildman–Crippen LogP) is 4.02. The van der Waals surface area contributed by atoms with Gasteiger partial charge in [0.1, 0.15) is 6.61 Å². The van der Waals surface area contributed by atoms with Gasteiger partial charge in [-0.3, -0.25) is 4.79 Å². The van der Waals surface area contributed by atoms with Crippen LogP contribution in [0.15, 0.2) is 72.8 Å². The number of hydrogen-bond donors (Lipinski definition) is 3. The van der Waals surface area contributed by atoms with Gasteiger partial charge in [0.05, 0.1) is 17.3 Å². The summed E-state index contributed by atoms with van der Waals surface area (Å²) in [6, 6.07) is 21.7. The molecule has 1 aliphatic heterocycles. The molecular formula is C27H24N2O6. The lowest BCUT2D eigenvalue weighted by molar-refractivity contribution is -0.125. The molecule has 8 heteroatoms. The molecular weight excluding hydrogens is 448 g/mol. The molecule has 2 atom stereocenters. The first-order valence-electron chi connectivity index (χ1n) is 11.4. The molecule has 3 aromatic carbocycles. The standard InChI is InChI=1S/C27H24N2O6/c30-25(28-22-12-6-5-11-20(22)26(31)32)24-23(13-14-34-24)29-27(33)35-15-21-18-9-3-1-7-16(18)17-8-2-4-10-19(17)21/h1-12,21,23-24H,13-15H2,(H,28,30)(H,29,33)(H,31,32). The maximum absolute atomic E-state index is 12.8. The SMILES string of the molecule is O=C(NC1CCOC1C(=O)Nc1ccccc1C(=O)O)OCC1c2ccccc2-c2ccccc21. The minimum atomic E-state index is -1.15. The van der Waals surface area contributed by atoms with Crippen molar-refractivity contribution in [2.75, 3.05) is 18.5 Å². The summed E-state index contributed by atoms with van der Waals surface area (Å²) in [7, 11) is 0. The van der Waals surface area contributed by atoms with Gasteiger partial charge < -0.3 is 25.2 Å². The number of ether oxygens (including phenoxy) is 2. The van der Waals surface area contributed by atoms with Crippen molar-refractivity contribution in [1.29, 1.82) is 0 Å². The average molecular weight is 472 g/mol. The minimum Gasteiger partial charge on any atom is -0.478 e. The van der Waals surface area contributed by atoms with Gasteiger partial charge in [0.25, 0.3) is 5.91 Å². The highest BCUT2D eigenvalue weighted by Gasteiger charge is 2.36. The molecule has 0 spiro atoms. The molecule has 0 bridgehead atoms. The Kier molecular flexibility index (Phi) is 6.20. The third-order valence-corrected chi connectivity index (χ3v) is 6.41. The van der Waals surface area contributed by atoms with E-state index in [1.807, 2.05) is 36.4 Å². The van der Waals surface area contributed by atoms with Crippen LogP contribution >= 0.6 is 0 Å². The molecule has 35 heavy (non-hydrogen) atoms. The van der Waals surface area contributed by atoms with Crippen LogP contribution in [0.4, 0.5) is 10.5 Å². The van der Waals surface area contributed by atoms with E-state index in [1.165, 1.54) is 12.1 Å². The Bertz CT molecular complexity index is 1240. The number of carboxylic acids is 1. The van der Waals surface area contributed by atoms with Crippen LogP contribution < -0.4 is 10.6 Å². The number of para-hydroxylation sites is 1. The largest absolute Gasteiger partial charge is 0.478 e. The summed E-state index contributed by atoms with van der Waals surface area (Å²) < 4.78 is 11.1. The summed E-state index contributed by atoms with van der Waals surface area (Å²) in [5.41, 5.74) is 4.64. The first-order valence-corrected chi connectivity index (χ1v) is 11.4. The summed E-state index contributed by atoms with van der Waals surface area (Å²) in [5, 5.41) is 14.7. The molecule has 0 aromatic heterocycles. The fourth-order valence-corrected chi connectivity index (χ4v) is 4.77. The summed E-state index contributed by atoms with van der Waals surface area (Å²) in [5.74, 6) is -1.75. The maximum Gasteiger partial charge on any atom is 0.407 e. The first kappa shape index (κ1) is 22.6. The van der Waals surface area contributed by atoms with Crippen molar-refractivity contribution in [3.8, 4) is 11.1 Å². The van der Waals surface area contributed by atoms with Crippen LogP contribution in [0.3, 0.4) is 0 Å². The van der Waals surface area contributed by atoms with Gasteiger partial charge in [-0.25, -0.2) is 9.59 Å². The molecule has 178 valence electrons. The molecule has 1 aliphatic carbocycles. The van der Waals surface area contributed by atoms with Crippen molar-refractivity contribution in [2.24, 2.45) is 0 Å². The third kappa shape index (κ3) is 4.48. The highest BCUT2D eigenvalue weighted by molar-refractivity contribution is 6.02. The number of carboxylic acid groups (broad SMARTS) is 1. The monoisotopic (exact) mass is 472 g/mol. The van der Waals surface area contributed by atoms with E-state index in [2.05, 4.69) is 22.8 Å². The van der Waals surface area contributed by atoms with E-state index in [-0.39, 0.29) is 30.4 Å². The third-order valence-electron chi connectivity index (χ3n) is 6.41. The van der Waals surface area contributed by atoms with E-state index in [4.69, 9.17) is 9.47 Å². The van der Waals surface area contributed by atoms with Crippen molar-refractivity contribution in [2.45, 2.75) is 24.5 Å². The van der Waals surface area contributed by atoms with Crippen molar-refractivity contribution in [1.82, 2.24) is 5.32 Å². The van der Waals surface area contributed by atoms with Gasteiger partial charge in [-0.2, -0.15) is 0 Å². The van der Waals surface area contributed by atoms with Gasteiger partial charge in [-0.1, -0.05) is 60.7 Å². The molecule has 3 N–H and O–H groups in total. The quantitative estimate of drug-likeness (QED) is 0.499. The number of aromatic carboxylic acids is 1. The lowest BCUT2D eigenvalue weighted by Crippen LogP contribution is -2.46. The van der Waals surface area contributed by atoms with E-state index >= 15 is 0 Å². The fraction of sp³-hybridized carbons (Fsp3) is 0.222. The Morgan fingerprint density at radius 3 is 2.23 bits per heavy atom. The molecule has 1 heterocycles. The van der Waals surface area contributed by atoms with Crippen molar-refractivity contribution in [3.05, 3.63) is 89.5 Å². The topological polar surface area (TPSA) is 114 Å². The Morgan fingerprint density at radius 1 is 0.914 bits per heavy atom. The number of amides is 2. The number of carbonyl (C=O) groups excluding carboxylic acids is 2. The summed E-state index contributed by atoms with van der Waals surface area (Å²) in [6.45, 7) is 0.448. The second-order valence-electron chi connectivity index (χ2n) is 8.50. The van der Waals surface area contributed by atoms with Crippen LogP contribution in [0.25, 0.3) is 11.1 Å². The molecule has 2 amide bonds. The lowest BCUT2D eigenvalue weighted by atomic mass is 9.98. The zero-order valence-electron chi connectivity index (χ0n) is 18.8. The first-order chi connectivity index (χ1) is 17.0. The van der Waals surface area contributed by atoms with E-state index in [1.54, 1.807) is 12.1 Å². The molecule has 0 saturated carbocycles. The van der Waals surface area contributed by atoms with Crippen molar-refractivity contribution in [3.63, 3.8) is 0 Å². The van der Waals surface area contributed by atoms with Gasteiger partial charge in [-0.05, 0) is 40.8 Å². The number of carbonyl (C=O) groups is 3. The van der Waals surface area contributed by atoms with Gasteiger partial charge in [-0.15, -0.1) is 0 Å². The van der Waals surface area contributed by atoms with Gasteiger partial charge in [0.2, 0.25) is 0 Å². The lowest BCUT2D eigenvalue weighted by Gasteiger charge is -2.20. The van der Waals surface area contributed by atoms with Crippen LogP contribution in [-0.4, -0.2) is 48.4 Å². The molecule has 1 fully saturated rings. The summed E-state index contributed by atoms with van der Waals surface area (Å²) in [4.78, 5) is 36.9. The van der Waals surface area contributed by atoms with Crippen molar-refractivity contribution < 1.29 is 29.0 Å². The molecule has 5 rings (SSSR count). The highest BCUT2D eigenvalue weighted by Crippen LogP contribution is 2.44. The summed E-state index contributed by atoms with van der Waals surface area (Å²) >= 11 is 0. The number of nitrogens with one attached hydrogen (secondary N) is 2. The summed E-state index contributed by atoms with van der Waals surface area (Å²) in [6.07, 6.45) is -1.16. The van der Waals surface area contributed by atoms with Crippen LogP contribution in [0.1, 0.15) is 33.8 Å². The number of rotatable bonds is 6. The fourth-order valence-electron chi connectivity index (χ4n) is 4.77. The number of anilines is 1. The normalized spacial score (nSPS) is 18.4. The molecule has 3 aromatic rings. The van der Waals surface area contributed by atoms with Gasteiger partial charge in [0.15, 0.2) is 6.10 Å². The van der Waals surface area contributed by atoms with Crippen LogP contribution in [0.2, 0.25) is 0 Å². The van der Waals surface area contributed by atoms with Crippen LogP contribution in [0, 0.1) is 0 Å². The Hall–Kier alpha value is -4.17. The van der Waals surface area contributed by atoms with E-state index in [0.717, 1.165) is 22.3 Å². The van der Waals surface area contributed by atoms with Crippen LogP contribution in [0.5, 0.6) is 0 Å². The van der Waals surface area contributed by atoms with Gasteiger partial charge in [0, 0.05) is 12.5 Å². The highest BCUT2D eigenvalue weighted by atomic mass is 16.6. The number of hydrogen-bond acceptors (Lipinski definition) is 5. The molecule has 0 radical (unpaired) electrons. The van der Waals surface area contributed by atoms with E-state index in [9.17, 15) is 19.5 Å². The van der Waals surface area contributed by atoms with Crippen molar-refractivity contribution >= 4 is 23.7 Å². The Labute approximate surface area is 201 Å². The Morgan fingerprint density at radius 2 is 1.54 bits per heavy atom. The second-order valence-corrected chi connectivity index (χ2v) is 8.50. The predicted molar refractivity (Wildman–Crippen MR) is 128 cm³/mol. The Balaban J connectivity index is 1.22. The zero-order chi connectivity index (χ0) is 24.4. The number of benzene rings is 3. The molecule has 1 saturated heterocycles. The molecule has 2 unspecified atom stereocenters. The average Bonchev–Trinajstić information content (AvgIpc) is 3.45. The minimum absolute atomic E-state index is 0.0279. The maximum atomic E-state index is 12.8. The molecule has 8 nitrogen and oxygen atoms in total. The molecule has 2 aliphatic rings. The second kappa shape index (κ2) is 9.60. The number of alkyl carbamates (subject to hydrolysis) is 1. The smallest absolute Gasteiger partial charge is 0.407 e.